The van der Waals surface area contributed by atoms with Crippen molar-refractivity contribution < 1.29 is 24.3 Å². The van der Waals surface area contributed by atoms with Crippen LogP contribution in [0, 0.1) is 5.92 Å². The molecule has 0 aliphatic rings. The third-order valence-corrected chi connectivity index (χ3v) is 4.61. The molecule has 0 heterocycles. The molecule has 0 bridgehead atoms. The van der Waals surface area contributed by atoms with E-state index in [1.54, 1.807) is 12.1 Å². The first-order chi connectivity index (χ1) is 14.4. The summed E-state index contributed by atoms with van der Waals surface area (Å²) >= 11 is 0. The van der Waals surface area contributed by atoms with E-state index in [1.807, 2.05) is 13.8 Å². The summed E-state index contributed by atoms with van der Waals surface area (Å²) in [5, 5.41) is 16.9. The number of carbonyl (C=O) groups excluding carboxylic acids is 4. The Bertz CT molecular complexity index is 781. The Labute approximate surface area is 182 Å². The first-order valence-electron chi connectivity index (χ1n) is 10.1. The maximum atomic E-state index is 12.5. The SMILES string of the molecule is CC(C)C[C@H](NC(=O)[C@H](C)NC(=O)[C@@H](N)Cc1ccc(O)cc1)C(=O)N[C@@H](C)C(N)=O. The predicted molar refractivity (Wildman–Crippen MR) is 116 cm³/mol. The lowest BCUT2D eigenvalue weighted by atomic mass is 10.0. The molecular formula is C21H33N5O5. The highest BCUT2D eigenvalue weighted by molar-refractivity contribution is 5.94. The summed E-state index contributed by atoms with van der Waals surface area (Å²) in [6.07, 6.45) is 0.563. The monoisotopic (exact) mass is 435 g/mol. The Kier molecular flexibility index (Phi) is 9.94. The lowest BCUT2D eigenvalue weighted by Crippen LogP contribution is -2.56. The molecule has 0 aliphatic carbocycles. The Morgan fingerprint density at radius 2 is 1.42 bits per heavy atom. The smallest absolute Gasteiger partial charge is 0.243 e. The van der Waals surface area contributed by atoms with Gasteiger partial charge in [0, 0.05) is 0 Å². The molecule has 0 saturated carbocycles. The fraction of sp³-hybridized carbons (Fsp3) is 0.524. The van der Waals surface area contributed by atoms with Crippen molar-refractivity contribution in [2.24, 2.45) is 17.4 Å². The van der Waals surface area contributed by atoms with Crippen molar-refractivity contribution in [1.82, 2.24) is 16.0 Å². The minimum Gasteiger partial charge on any atom is -0.508 e. The van der Waals surface area contributed by atoms with Crippen molar-refractivity contribution in [1.29, 1.82) is 0 Å². The van der Waals surface area contributed by atoms with E-state index in [-0.39, 0.29) is 18.1 Å². The predicted octanol–water partition coefficient (Wildman–Crippen LogP) is -0.712. The van der Waals surface area contributed by atoms with Crippen LogP contribution in [0.25, 0.3) is 0 Å². The van der Waals surface area contributed by atoms with Crippen molar-refractivity contribution in [3.05, 3.63) is 29.8 Å². The minimum atomic E-state index is -0.936. The number of nitrogens with one attached hydrogen (secondary N) is 3. The second kappa shape index (κ2) is 11.9. The Morgan fingerprint density at radius 1 is 0.871 bits per heavy atom. The molecule has 1 aromatic rings. The van der Waals surface area contributed by atoms with Crippen LogP contribution in [0.2, 0.25) is 0 Å². The van der Waals surface area contributed by atoms with Gasteiger partial charge in [0.2, 0.25) is 23.6 Å². The first-order valence-corrected chi connectivity index (χ1v) is 10.1. The number of benzene rings is 1. The third kappa shape index (κ3) is 9.04. The number of primary amides is 1. The molecule has 1 aromatic carbocycles. The fourth-order valence-electron chi connectivity index (χ4n) is 2.75. The van der Waals surface area contributed by atoms with Gasteiger partial charge in [-0.2, -0.15) is 0 Å². The molecule has 0 aliphatic heterocycles. The molecule has 0 spiro atoms. The van der Waals surface area contributed by atoms with Crippen LogP contribution in [-0.4, -0.2) is 52.9 Å². The molecule has 172 valence electrons. The van der Waals surface area contributed by atoms with E-state index in [1.165, 1.54) is 26.0 Å². The van der Waals surface area contributed by atoms with Gasteiger partial charge < -0.3 is 32.5 Å². The highest BCUT2D eigenvalue weighted by atomic mass is 16.3. The van der Waals surface area contributed by atoms with Crippen molar-refractivity contribution in [3.8, 4) is 5.75 Å². The maximum Gasteiger partial charge on any atom is 0.243 e. The topological polar surface area (TPSA) is 177 Å². The van der Waals surface area contributed by atoms with Crippen LogP contribution in [-0.2, 0) is 25.6 Å². The number of rotatable bonds is 11. The summed E-state index contributed by atoms with van der Waals surface area (Å²) in [5.74, 6) is -2.11. The highest BCUT2D eigenvalue weighted by Crippen LogP contribution is 2.11. The second-order valence-electron chi connectivity index (χ2n) is 8.03. The van der Waals surface area contributed by atoms with Gasteiger partial charge in [-0.3, -0.25) is 19.2 Å². The maximum absolute atomic E-state index is 12.5. The first kappa shape index (κ1) is 25.9. The average Bonchev–Trinajstić information content (AvgIpc) is 2.68. The van der Waals surface area contributed by atoms with Crippen LogP contribution in [0.5, 0.6) is 5.75 Å². The lowest BCUT2D eigenvalue weighted by Gasteiger charge is -2.24. The zero-order valence-corrected chi connectivity index (χ0v) is 18.3. The molecule has 0 unspecified atom stereocenters. The molecule has 0 saturated heterocycles. The molecule has 4 atom stereocenters. The summed E-state index contributed by atoms with van der Waals surface area (Å²) in [5.41, 5.74) is 11.8. The Morgan fingerprint density at radius 3 is 1.94 bits per heavy atom. The summed E-state index contributed by atoms with van der Waals surface area (Å²) in [4.78, 5) is 48.5. The van der Waals surface area contributed by atoms with Gasteiger partial charge in [-0.05, 0) is 50.3 Å². The molecule has 10 nitrogen and oxygen atoms in total. The van der Waals surface area contributed by atoms with Gasteiger partial charge in [0.15, 0.2) is 0 Å². The summed E-state index contributed by atoms with van der Waals surface area (Å²) in [7, 11) is 0. The average molecular weight is 436 g/mol. The summed E-state index contributed by atoms with van der Waals surface area (Å²) in [6.45, 7) is 6.71. The molecule has 31 heavy (non-hydrogen) atoms. The van der Waals surface area contributed by atoms with Crippen molar-refractivity contribution in [2.75, 3.05) is 0 Å². The molecule has 4 amide bonds. The van der Waals surface area contributed by atoms with Crippen molar-refractivity contribution in [3.63, 3.8) is 0 Å². The number of hydrogen-bond donors (Lipinski definition) is 6. The van der Waals surface area contributed by atoms with Gasteiger partial charge in [-0.1, -0.05) is 26.0 Å². The number of carbonyl (C=O) groups is 4. The molecular weight excluding hydrogens is 402 g/mol. The molecule has 0 fully saturated rings. The number of phenols is 1. The van der Waals surface area contributed by atoms with Crippen LogP contribution in [0.1, 0.15) is 39.7 Å². The summed E-state index contributed by atoms with van der Waals surface area (Å²) < 4.78 is 0. The van der Waals surface area contributed by atoms with Crippen molar-refractivity contribution >= 4 is 23.6 Å². The standard InChI is InChI=1S/C21H33N5O5/c1-11(2)9-17(21(31)24-12(3)18(23)28)26-19(29)13(4)25-20(30)16(22)10-14-5-7-15(27)8-6-14/h5-8,11-13,16-17,27H,9-10,22H2,1-4H3,(H2,23,28)(H,24,31)(H,25,30)(H,26,29)/t12-,13-,16-,17-/m0/s1. The minimum absolute atomic E-state index is 0.0866. The van der Waals surface area contributed by atoms with Crippen LogP contribution >= 0.6 is 0 Å². The van der Waals surface area contributed by atoms with E-state index >= 15 is 0 Å². The molecule has 8 N–H and O–H groups in total. The van der Waals surface area contributed by atoms with Gasteiger partial charge in [0.25, 0.3) is 0 Å². The lowest BCUT2D eigenvalue weighted by molar-refractivity contribution is -0.133. The molecule has 0 radical (unpaired) electrons. The summed E-state index contributed by atoms with van der Waals surface area (Å²) in [6, 6.07) is 2.69. The largest absolute Gasteiger partial charge is 0.508 e. The number of hydrogen-bond acceptors (Lipinski definition) is 6. The van der Waals surface area contributed by atoms with E-state index in [4.69, 9.17) is 11.5 Å². The van der Waals surface area contributed by atoms with Crippen molar-refractivity contribution in [2.45, 2.75) is 64.7 Å². The van der Waals surface area contributed by atoms with Crippen LogP contribution in [0.3, 0.4) is 0 Å². The number of amides is 4. The van der Waals surface area contributed by atoms with E-state index < -0.39 is 47.8 Å². The van der Waals surface area contributed by atoms with E-state index in [2.05, 4.69) is 16.0 Å². The zero-order chi connectivity index (χ0) is 23.7. The van der Waals surface area contributed by atoms with Gasteiger partial charge in [-0.25, -0.2) is 0 Å². The van der Waals surface area contributed by atoms with E-state index in [0.717, 1.165) is 5.56 Å². The van der Waals surface area contributed by atoms with Gasteiger partial charge in [-0.15, -0.1) is 0 Å². The van der Waals surface area contributed by atoms with Crippen LogP contribution in [0.4, 0.5) is 0 Å². The van der Waals surface area contributed by atoms with Gasteiger partial charge in [0.1, 0.15) is 23.9 Å². The third-order valence-electron chi connectivity index (χ3n) is 4.61. The van der Waals surface area contributed by atoms with Gasteiger partial charge >= 0.3 is 0 Å². The normalized spacial score (nSPS) is 14.8. The van der Waals surface area contributed by atoms with Crippen LogP contribution in [0.15, 0.2) is 24.3 Å². The molecule has 10 heteroatoms. The Hall–Kier alpha value is -3.14. The van der Waals surface area contributed by atoms with Gasteiger partial charge in [0.05, 0.1) is 6.04 Å². The number of nitrogens with two attached hydrogens (primary N) is 2. The highest BCUT2D eigenvalue weighted by Gasteiger charge is 2.27. The number of phenolic OH excluding ortho intramolecular Hbond substituents is 1. The number of aromatic hydroxyl groups is 1. The zero-order valence-electron chi connectivity index (χ0n) is 18.3. The molecule has 0 aromatic heterocycles. The van der Waals surface area contributed by atoms with E-state index in [0.29, 0.717) is 6.42 Å². The Balaban J connectivity index is 2.68. The second-order valence-corrected chi connectivity index (χ2v) is 8.03. The van der Waals surface area contributed by atoms with Crippen LogP contribution < -0.4 is 27.4 Å². The van der Waals surface area contributed by atoms with E-state index in [9.17, 15) is 24.3 Å². The molecule has 1 rings (SSSR count). The quantitative estimate of drug-likeness (QED) is 0.267. The fourth-order valence-corrected chi connectivity index (χ4v) is 2.75.